The molecule has 0 saturated carbocycles. The van der Waals surface area contributed by atoms with E-state index in [1.807, 2.05) is 11.8 Å². The maximum Gasteiger partial charge on any atom is 0.308 e. The molecule has 0 fully saturated rings. The van der Waals surface area contributed by atoms with Crippen LogP contribution in [-0.4, -0.2) is 15.1 Å². The van der Waals surface area contributed by atoms with Gasteiger partial charge in [-0.15, -0.1) is 11.8 Å². The van der Waals surface area contributed by atoms with E-state index in [0.29, 0.717) is 0 Å². The zero-order valence-electron chi connectivity index (χ0n) is 16.1. The topological polar surface area (TPSA) is 26.3 Å². The van der Waals surface area contributed by atoms with Gasteiger partial charge < -0.3 is 4.74 Å². The van der Waals surface area contributed by atoms with Gasteiger partial charge in [-0.1, -0.05) is 64.1 Å². The van der Waals surface area contributed by atoms with Crippen molar-refractivity contribution in [2.24, 2.45) is 0 Å². The molecule has 0 radical (unpaired) electrons. The van der Waals surface area contributed by atoms with Gasteiger partial charge in [-0.25, -0.2) is 0 Å². The Kier molecular flexibility index (Phi) is 5.43. The highest BCUT2D eigenvalue weighted by atomic mass is 127. The highest BCUT2D eigenvalue weighted by Gasteiger charge is 2.40. The maximum absolute atomic E-state index is 11.8. The first-order valence-corrected chi connectivity index (χ1v) is 10.8. The van der Waals surface area contributed by atoms with Gasteiger partial charge in [-0.3, -0.25) is 4.79 Å². The average molecular weight is 460 g/mol. The van der Waals surface area contributed by atoms with Crippen molar-refractivity contribution >= 4 is 40.3 Å². The lowest BCUT2D eigenvalue weighted by Crippen LogP contribution is -2.24. The van der Waals surface area contributed by atoms with Crippen molar-refractivity contribution in [2.75, 3.05) is 4.43 Å². The molecule has 1 aromatic rings. The summed E-state index contributed by atoms with van der Waals surface area (Å²) in [6.07, 6.45) is 1.03. The number of thioether (sulfide) groups is 1. The summed E-state index contributed by atoms with van der Waals surface area (Å²) < 4.78 is 7.12. The molecule has 0 aliphatic carbocycles. The first kappa shape index (κ1) is 20.1. The molecule has 4 heteroatoms. The minimum absolute atomic E-state index is 0.0762. The van der Waals surface area contributed by atoms with Gasteiger partial charge in [0.1, 0.15) is 5.75 Å². The summed E-state index contributed by atoms with van der Waals surface area (Å²) in [5, 5.41) is 0. The molecule has 2 nitrogen and oxygen atoms in total. The fourth-order valence-electron chi connectivity index (χ4n) is 3.30. The van der Waals surface area contributed by atoms with Crippen molar-refractivity contribution in [3.63, 3.8) is 0 Å². The van der Waals surface area contributed by atoms with E-state index < -0.39 is 0 Å². The SMILES string of the molecule is CC(=O)Oc1c(C(C)(C)C)cc2c(c1C(C)(C)C)CC(C)(CI)S2. The molecule has 1 aromatic carbocycles. The van der Waals surface area contributed by atoms with Gasteiger partial charge in [-0.2, -0.15) is 0 Å². The van der Waals surface area contributed by atoms with E-state index in [1.165, 1.54) is 22.9 Å². The Morgan fingerprint density at radius 3 is 2.25 bits per heavy atom. The van der Waals surface area contributed by atoms with Crippen molar-refractivity contribution < 1.29 is 9.53 Å². The second-order valence-electron chi connectivity index (χ2n) is 9.06. The number of rotatable bonds is 2. The van der Waals surface area contributed by atoms with Crippen LogP contribution in [-0.2, 0) is 22.0 Å². The first-order valence-electron chi connectivity index (χ1n) is 8.43. The van der Waals surface area contributed by atoms with Gasteiger partial charge in [-0.05, 0) is 35.8 Å². The lowest BCUT2D eigenvalue weighted by Gasteiger charge is -2.31. The normalized spacial score (nSPS) is 20.9. The van der Waals surface area contributed by atoms with E-state index in [9.17, 15) is 4.79 Å². The largest absolute Gasteiger partial charge is 0.426 e. The molecule has 24 heavy (non-hydrogen) atoms. The van der Waals surface area contributed by atoms with Crippen LogP contribution in [0.5, 0.6) is 5.75 Å². The molecular weight excluding hydrogens is 431 g/mol. The number of carbonyl (C=O) groups is 1. The minimum atomic E-state index is -0.242. The fourth-order valence-corrected chi connectivity index (χ4v) is 5.31. The Morgan fingerprint density at radius 2 is 1.83 bits per heavy atom. The van der Waals surface area contributed by atoms with E-state index in [2.05, 4.69) is 77.1 Å². The molecule has 0 bridgehead atoms. The number of alkyl halides is 1. The van der Waals surface area contributed by atoms with Crippen molar-refractivity contribution in [2.45, 2.75) is 82.3 Å². The third-order valence-electron chi connectivity index (χ3n) is 4.34. The van der Waals surface area contributed by atoms with Crippen molar-refractivity contribution in [3.8, 4) is 5.75 Å². The van der Waals surface area contributed by atoms with Crippen LogP contribution in [0.3, 0.4) is 0 Å². The summed E-state index contributed by atoms with van der Waals surface area (Å²) >= 11 is 4.46. The number of benzene rings is 1. The van der Waals surface area contributed by atoms with E-state index in [4.69, 9.17) is 4.74 Å². The lowest BCUT2D eigenvalue weighted by atomic mass is 9.76. The van der Waals surface area contributed by atoms with Gasteiger partial charge in [0, 0.05) is 32.1 Å². The number of esters is 1. The Morgan fingerprint density at radius 1 is 1.25 bits per heavy atom. The summed E-state index contributed by atoms with van der Waals surface area (Å²) in [7, 11) is 0. The predicted octanol–water partition coefficient (Wildman–Crippen LogP) is 6.05. The molecule has 1 heterocycles. The lowest BCUT2D eigenvalue weighted by molar-refractivity contribution is -0.132. The Labute approximate surface area is 164 Å². The zero-order valence-corrected chi connectivity index (χ0v) is 19.1. The number of fused-ring (bicyclic) bond motifs is 1. The van der Waals surface area contributed by atoms with Gasteiger partial charge in [0.25, 0.3) is 0 Å². The Balaban J connectivity index is 2.83. The average Bonchev–Trinajstić information content (AvgIpc) is 2.71. The second kappa shape index (κ2) is 6.49. The summed E-state index contributed by atoms with van der Waals surface area (Å²) in [6.45, 7) is 17.0. The van der Waals surface area contributed by atoms with Crippen LogP contribution >= 0.6 is 34.4 Å². The number of carbonyl (C=O) groups excluding carboxylic acids is 1. The van der Waals surface area contributed by atoms with E-state index in [1.54, 1.807) is 0 Å². The molecule has 0 spiro atoms. The van der Waals surface area contributed by atoms with Crippen LogP contribution in [0.15, 0.2) is 11.0 Å². The number of ether oxygens (including phenoxy) is 1. The summed E-state index contributed by atoms with van der Waals surface area (Å²) in [6, 6.07) is 2.27. The van der Waals surface area contributed by atoms with Crippen LogP contribution in [0, 0.1) is 0 Å². The second-order valence-corrected chi connectivity index (χ2v) is 11.5. The monoisotopic (exact) mass is 460 g/mol. The molecule has 134 valence electrons. The Hall–Kier alpha value is -0.230. The van der Waals surface area contributed by atoms with E-state index in [-0.39, 0.29) is 21.5 Å². The molecule has 1 aliphatic heterocycles. The molecule has 1 unspecified atom stereocenters. The quantitative estimate of drug-likeness (QED) is 0.233. The van der Waals surface area contributed by atoms with E-state index in [0.717, 1.165) is 22.2 Å². The predicted molar refractivity (Wildman–Crippen MR) is 112 cm³/mol. The minimum Gasteiger partial charge on any atom is -0.426 e. The van der Waals surface area contributed by atoms with Gasteiger partial charge >= 0.3 is 5.97 Å². The summed E-state index contributed by atoms with van der Waals surface area (Å²) in [5.41, 5.74) is 3.56. The summed E-state index contributed by atoms with van der Waals surface area (Å²) in [5.74, 6) is 0.549. The molecular formula is C20H29IO2S. The third-order valence-corrected chi connectivity index (χ3v) is 7.91. The standard InChI is InChI=1S/C20H29IO2S/c1-12(22)23-17-14(18(2,3)4)9-15-13(16(17)19(5,6)7)10-20(8,11-21)24-15/h9H,10-11H2,1-8H3. The molecule has 1 aliphatic rings. The van der Waals surface area contributed by atoms with Gasteiger partial charge in [0.05, 0.1) is 0 Å². The van der Waals surface area contributed by atoms with Crippen LogP contribution in [0.4, 0.5) is 0 Å². The molecule has 0 aromatic heterocycles. The number of hydrogen-bond donors (Lipinski definition) is 0. The van der Waals surface area contributed by atoms with Crippen molar-refractivity contribution in [3.05, 3.63) is 22.8 Å². The molecule has 0 N–H and O–H groups in total. The maximum atomic E-state index is 11.8. The molecule has 0 saturated heterocycles. The highest BCUT2D eigenvalue weighted by molar-refractivity contribution is 14.1. The van der Waals surface area contributed by atoms with Crippen LogP contribution in [0.1, 0.15) is 72.1 Å². The van der Waals surface area contributed by atoms with Crippen molar-refractivity contribution in [1.82, 2.24) is 0 Å². The first-order chi connectivity index (χ1) is 10.8. The Bertz CT molecular complexity index is 668. The van der Waals surface area contributed by atoms with E-state index >= 15 is 0 Å². The van der Waals surface area contributed by atoms with Gasteiger partial charge in [0.2, 0.25) is 0 Å². The zero-order chi connectivity index (χ0) is 18.5. The highest BCUT2D eigenvalue weighted by Crippen LogP contribution is 2.54. The summed E-state index contributed by atoms with van der Waals surface area (Å²) in [4.78, 5) is 13.2. The van der Waals surface area contributed by atoms with Crippen LogP contribution < -0.4 is 4.74 Å². The number of halogens is 1. The number of hydrogen-bond acceptors (Lipinski definition) is 3. The molecule has 2 rings (SSSR count). The third kappa shape index (κ3) is 3.95. The smallest absolute Gasteiger partial charge is 0.308 e. The van der Waals surface area contributed by atoms with Crippen LogP contribution in [0.25, 0.3) is 0 Å². The molecule has 1 atom stereocenters. The van der Waals surface area contributed by atoms with Crippen LogP contribution in [0.2, 0.25) is 0 Å². The molecule has 0 amide bonds. The van der Waals surface area contributed by atoms with Crippen molar-refractivity contribution in [1.29, 1.82) is 0 Å². The fraction of sp³-hybridized carbons (Fsp3) is 0.650. The van der Waals surface area contributed by atoms with Gasteiger partial charge in [0.15, 0.2) is 0 Å².